The fourth-order valence-electron chi connectivity index (χ4n) is 2.23. The highest BCUT2D eigenvalue weighted by Crippen LogP contribution is 2.18. The van der Waals surface area contributed by atoms with Crippen LogP contribution in [0.2, 0.25) is 5.02 Å². The van der Waals surface area contributed by atoms with Crippen molar-refractivity contribution in [3.63, 3.8) is 0 Å². The average Bonchev–Trinajstić information content (AvgIpc) is 3.26. The summed E-state index contributed by atoms with van der Waals surface area (Å²) in [5, 5.41) is 7.56. The lowest BCUT2D eigenvalue weighted by molar-refractivity contribution is 0.0918. The van der Waals surface area contributed by atoms with Crippen LogP contribution in [-0.2, 0) is 19.7 Å². The molecule has 136 valence electrons. The first kappa shape index (κ1) is 18.5. The van der Waals surface area contributed by atoms with E-state index in [-0.39, 0.29) is 24.8 Å². The second kappa shape index (κ2) is 8.42. The molecule has 26 heavy (non-hydrogen) atoms. The molecule has 0 radical (unpaired) electrons. The van der Waals surface area contributed by atoms with Crippen LogP contribution in [0.15, 0.2) is 51.5 Å². The van der Waals surface area contributed by atoms with Gasteiger partial charge in [-0.1, -0.05) is 27.5 Å². The maximum atomic E-state index is 12.2. The predicted molar refractivity (Wildman–Crippen MR) is 101 cm³/mol. The van der Waals surface area contributed by atoms with Crippen LogP contribution in [0, 0.1) is 0 Å². The number of carbonyl (C=O) groups excluding carboxylic acids is 1. The summed E-state index contributed by atoms with van der Waals surface area (Å²) < 4.78 is 13.8. The van der Waals surface area contributed by atoms with Crippen LogP contribution in [0.4, 0.5) is 0 Å². The molecule has 0 spiro atoms. The lowest BCUT2D eigenvalue weighted by Gasteiger charge is -2.04. The van der Waals surface area contributed by atoms with Crippen molar-refractivity contribution in [2.45, 2.75) is 26.6 Å². The van der Waals surface area contributed by atoms with Crippen LogP contribution >= 0.6 is 27.5 Å². The van der Waals surface area contributed by atoms with Crippen molar-refractivity contribution in [3.05, 3.63) is 69.3 Å². The number of halogens is 2. The van der Waals surface area contributed by atoms with Crippen LogP contribution in [0.1, 0.15) is 28.9 Å². The molecule has 0 bridgehead atoms. The van der Waals surface area contributed by atoms with Gasteiger partial charge in [0.15, 0.2) is 5.76 Å². The topological polar surface area (TPSA) is 69.3 Å². The molecule has 0 saturated heterocycles. The normalized spacial score (nSPS) is 10.7. The fourth-order valence-corrected chi connectivity index (χ4v) is 2.71. The van der Waals surface area contributed by atoms with Gasteiger partial charge in [0.05, 0.1) is 11.6 Å². The number of nitrogens with one attached hydrogen (secondary N) is 1. The Morgan fingerprint density at radius 2 is 2.08 bits per heavy atom. The SMILES string of the molecule is CCn1cc(Cl)c(CNC(=O)c2ccc(COc3ccc(Br)cc3)o2)n1. The van der Waals surface area contributed by atoms with Crippen LogP contribution in [0.5, 0.6) is 5.75 Å². The Bertz CT molecular complexity index is 889. The molecular weight excluding hydrogens is 422 g/mol. The van der Waals surface area contributed by atoms with E-state index in [4.69, 9.17) is 20.8 Å². The molecule has 0 atom stereocenters. The number of aromatic nitrogens is 2. The Balaban J connectivity index is 1.53. The van der Waals surface area contributed by atoms with Crippen molar-refractivity contribution in [1.29, 1.82) is 0 Å². The number of hydrogen-bond donors (Lipinski definition) is 1. The Morgan fingerprint density at radius 3 is 2.77 bits per heavy atom. The minimum absolute atomic E-state index is 0.213. The molecule has 0 aliphatic heterocycles. The first-order chi connectivity index (χ1) is 12.5. The molecule has 3 rings (SSSR count). The first-order valence-electron chi connectivity index (χ1n) is 8.02. The summed E-state index contributed by atoms with van der Waals surface area (Å²) in [4.78, 5) is 12.2. The zero-order valence-corrected chi connectivity index (χ0v) is 16.4. The number of aryl methyl sites for hydroxylation is 1. The molecule has 3 aromatic rings. The first-order valence-corrected chi connectivity index (χ1v) is 9.19. The highest BCUT2D eigenvalue weighted by Gasteiger charge is 2.13. The Labute approximate surface area is 164 Å². The van der Waals surface area contributed by atoms with Crippen molar-refractivity contribution in [1.82, 2.24) is 15.1 Å². The molecular formula is C18H17BrClN3O3. The molecule has 1 aromatic carbocycles. The van der Waals surface area contributed by atoms with Crippen molar-refractivity contribution in [2.75, 3.05) is 0 Å². The Hall–Kier alpha value is -2.25. The lowest BCUT2D eigenvalue weighted by Crippen LogP contribution is -2.22. The number of benzene rings is 1. The summed E-state index contributed by atoms with van der Waals surface area (Å²) >= 11 is 9.46. The van der Waals surface area contributed by atoms with Crippen LogP contribution < -0.4 is 10.1 Å². The van der Waals surface area contributed by atoms with Crippen LogP contribution in [0.3, 0.4) is 0 Å². The van der Waals surface area contributed by atoms with Gasteiger partial charge in [-0.05, 0) is 43.3 Å². The van der Waals surface area contributed by atoms with Gasteiger partial charge in [0.2, 0.25) is 0 Å². The number of nitrogens with zero attached hydrogens (tertiary/aromatic N) is 2. The van der Waals surface area contributed by atoms with E-state index in [1.165, 1.54) is 0 Å². The van der Waals surface area contributed by atoms with Gasteiger partial charge in [-0.15, -0.1) is 0 Å². The van der Waals surface area contributed by atoms with E-state index in [2.05, 4.69) is 26.3 Å². The monoisotopic (exact) mass is 437 g/mol. The van der Waals surface area contributed by atoms with E-state index < -0.39 is 0 Å². The Morgan fingerprint density at radius 1 is 1.31 bits per heavy atom. The second-order valence-electron chi connectivity index (χ2n) is 5.47. The summed E-state index contributed by atoms with van der Waals surface area (Å²) in [6, 6.07) is 10.8. The molecule has 0 aliphatic carbocycles. The van der Waals surface area contributed by atoms with Gasteiger partial charge < -0.3 is 14.5 Å². The smallest absolute Gasteiger partial charge is 0.287 e. The van der Waals surface area contributed by atoms with E-state index in [1.807, 2.05) is 31.2 Å². The third-order valence-corrected chi connectivity index (χ3v) is 4.45. The molecule has 0 aliphatic rings. The quantitative estimate of drug-likeness (QED) is 0.593. The fraction of sp³-hybridized carbons (Fsp3) is 0.222. The standard InChI is InChI=1S/C18H17BrClN3O3/c1-2-23-10-15(20)16(22-23)9-21-18(24)17-8-7-14(26-17)11-25-13-5-3-12(19)4-6-13/h3-8,10H,2,9,11H2,1H3,(H,21,24). The van der Waals surface area contributed by atoms with E-state index in [0.717, 1.165) is 10.2 Å². The molecule has 2 heterocycles. The Kier molecular flexibility index (Phi) is 6.00. The van der Waals surface area contributed by atoms with Gasteiger partial charge in [-0.2, -0.15) is 5.10 Å². The molecule has 6 nitrogen and oxygen atoms in total. The maximum Gasteiger partial charge on any atom is 0.287 e. The zero-order valence-electron chi connectivity index (χ0n) is 14.0. The van der Waals surface area contributed by atoms with Gasteiger partial charge in [0, 0.05) is 17.2 Å². The van der Waals surface area contributed by atoms with Gasteiger partial charge in [0.25, 0.3) is 5.91 Å². The van der Waals surface area contributed by atoms with Gasteiger partial charge >= 0.3 is 0 Å². The predicted octanol–water partition coefficient (Wildman–Crippen LogP) is 4.42. The van der Waals surface area contributed by atoms with Crippen molar-refractivity contribution >= 4 is 33.4 Å². The number of furan rings is 1. The number of amides is 1. The second-order valence-corrected chi connectivity index (χ2v) is 6.79. The van der Waals surface area contributed by atoms with E-state index in [0.29, 0.717) is 23.0 Å². The van der Waals surface area contributed by atoms with Crippen molar-refractivity contribution in [2.24, 2.45) is 0 Å². The minimum atomic E-state index is -0.331. The summed E-state index contributed by atoms with van der Waals surface area (Å²) in [7, 11) is 0. The summed E-state index contributed by atoms with van der Waals surface area (Å²) in [6.45, 7) is 3.15. The highest BCUT2D eigenvalue weighted by atomic mass is 79.9. The van der Waals surface area contributed by atoms with Gasteiger partial charge in [-0.25, -0.2) is 0 Å². The summed E-state index contributed by atoms with van der Waals surface area (Å²) in [5.41, 5.74) is 0.618. The average molecular weight is 439 g/mol. The summed E-state index contributed by atoms with van der Waals surface area (Å²) in [5.74, 6) is 1.16. The maximum absolute atomic E-state index is 12.2. The molecule has 0 unspecified atom stereocenters. The molecule has 8 heteroatoms. The third kappa shape index (κ3) is 4.68. The third-order valence-electron chi connectivity index (χ3n) is 3.61. The van der Waals surface area contributed by atoms with Gasteiger partial charge in [-0.3, -0.25) is 9.48 Å². The van der Waals surface area contributed by atoms with Gasteiger partial charge in [0.1, 0.15) is 23.8 Å². The molecule has 1 N–H and O–H groups in total. The number of ether oxygens (including phenoxy) is 1. The molecule has 1 amide bonds. The van der Waals surface area contributed by atoms with Crippen molar-refractivity contribution < 1.29 is 13.9 Å². The van der Waals surface area contributed by atoms with E-state index in [9.17, 15) is 4.79 Å². The molecule has 0 saturated carbocycles. The van der Waals surface area contributed by atoms with Crippen molar-refractivity contribution in [3.8, 4) is 5.75 Å². The van der Waals surface area contributed by atoms with E-state index in [1.54, 1.807) is 23.0 Å². The highest BCUT2D eigenvalue weighted by molar-refractivity contribution is 9.10. The largest absolute Gasteiger partial charge is 0.486 e. The minimum Gasteiger partial charge on any atom is -0.486 e. The van der Waals surface area contributed by atoms with Crippen LogP contribution in [0.25, 0.3) is 0 Å². The number of hydrogen-bond acceptors (Lipinski definition) is 4. The van der Waals surface area contributed by atoms with E-state index >= 15 is 0 Å². The number of rotatable bonds is 7. The zero-order chi connectivity index (χ0) is 18.5. The molecule has 2 aromatic heterocycles. The lowest BCUT2D eigenvalue weighted by atomic mass is 10.3. The number of carbonyl (C=O) groups is 1. The van der Waals surface area contributed by atoms with Crippen LogP contribution in [-0.4, -0.2) is 15.7 Å². The molecule has 0 fully saturated rings. The summed E-state index contributed by atoms with van der Waals surface area (Å²) in [6.07, 6.45) is 1.73.